The van der Waals surface area contributed by atoms with Crippen LogP contribution in [0.2, 0.25) is 0 Å². The summed E-state index contributed by atoms with van der Waals surface area (Å²) in [5.41, 5.74) is 3.62. The van der Waals surface area contributed by atoms with E-state index in [-0.39, 0.29) is 41.8 Å². The molecule has 0 aliphatic heterocycles. The predicted molar refractivity (Wildman–Crippen MR) is 100 cm³/mol. The summed E-state index contributed by atoms with van der Waals surface area (Å²) in [4.78, 5) is 10.5. The van der Waals surface area contributed by atoms with Crippen molar-refractivity contribution in [2.45, 2.75) is 57.2 Å². The molecule has 1 aromatic heterocycles. The average molecular weight is 410 g/mol. The quantitative estimate of drug-likeness (QED) is 0.554. The van der Waals surface area contributed by atoms with Crippen LogP contribution in [0.15, 0.2) is 30.3 Å². The summed E-state index contributed by atoms with van der Waals surface area (Å²) < 4.78 is 15.1. The van der Waals surface area contributed by atoms with Crippen LogP contribution in [0, 0.1) is 5.82 Å². The number of nitrogens with zero attached hydrogens (tertiary/aromatic N) is 2. The normalized spacial score (nSPS) is 18.1. The molecular formula is C21H24FN2NaO4. The predicted octanol–water partition coefficient (Wildman–Crippen LogP) is -1.28. The number of carbonyl (C=O) groups excluding carboxylic acids is 1. The number of aromatic nitrogens is 2. The van der Waals surface area contributed by atoms with Crippen LogP contribution in [0.3, 0.4) is 0 Å². The molecule has 0 spiro atoms. The molecule has 1 unspecified atom stereocenters. The van der Waals surface area contributed by atoms with E-state index >= 15 is 0 Å². The molecule has 2 N–H and O–H groups in total. The molecule has 6 nitrogen and oxygen atoms in total. The minimum absolute atomic E-state index is 0. The Morgan fingerprint density at radius 1 is 1.38 bits per heavy atom. The number of rotatable bonds is 7. The molecule has 150 valence electrons. The molecule has 29 heavy (non-hydrogen) atoms. The number of fused-ring (bicyclic) bond motifs is 1. The molecule has 0 amide bonds. The van der Waals surface area contributed by atoms with E-state index < -0.39 is 24.6 Å². The van der Waals surface area contributed by atoms with Gasteiger partial charge in [0.2, 0.25) is 0 Å². The van der Waals surface area contributed by atoms with Crippen molar-refractivity contribution in [3.63, 3.8) is 0 Å². The molecular weight excluding hydrogens is 386 g/mol. The summed E-state index contributed by atoms with van der Waals surface area (Å²) in [5, 5.41) is 35.1. The Hall–Kier alpha value is -1.51. The van der Waals surface area contributed by atoms with Gasteiger partial charge in [-0.2, -0.15) is 5.10 Å². The number of aliphatic hydroxyl groups excluding tert-OH is 2. The number of halogens is 1. The third-order valence-electron chi connectivity index (χ3n) is 5.05. The summed E-state index contributed by atoms with van der Waals surface area (Å²) in [6.45, 7) is 2.12. The van der Waals surface area contributed by atoms with E-state index in [1.54, 1.807) is 22.9 Å². The van der Waals surface area contributed by atoms with Gasteiger partial charge in [-0.3, -0.25) is 0 Å². The number of aliphatic carboxylic acids is 1. The summed E-state index contributed by atoms with van der Waals surface area (Å²) >= 11 is 0. The summed E-state index contributed by atoms with van der Waals surface area (Å²) in [6.07, 6.45) is 3.40. The maximum Gasteiger partial charge on any atom is 1.00 e. The van der Waals surface area contributed by atoms with Crippen molar-refractivity contribution in [3.05, 3.63) is 53.1 Å². The molecule has 2 aromatic rings. The van der Waals surface area contributed by atoms with Crippen LogP contribution in [0.4, 0.5) is 4.39 Å². The van der Waals surface area contributed by atoms with Gasteiger partial charge in [0.25, 0.3) is 0 Å². The number of benzene rings is 1. The van der Waals surface area contributed by atoms with Crippen molar-refractivity contribution in [2.75, 3.05) is 0 Å². The Labute approximate surface area is 191 Å². The van der Waals surface area contributed by atoms with Crippen LogP contribution < -0.4 is 34.7 Å². The molecule has 0 fully saturated rings. The Morgan fingerprint density at radius 2 is 2.07 bits per heavy atom. The van der Waals surface area contributed by atoms with Crippen molar-refractivity contribution in [1.29, 1.82) is 0 Å². The van der Waals surface area contributed by atoms with Gasteiger partial charge in [0.05, 0.1) is 29.3 Å². The standard InChI is InChI=1S/C21H25FN2O4.Na/c1-13-3-2-4-18-19(10-9-16(25)11-17(26)12-20(27)28)24(23-21(13)18)15-7-5-14(22)6-8-15;/h5-10,13,16-17,25-26H,2-4,11-12H2,1H3,(H,27,28);/q;+1/p-1/b10-9+;/t13?,16-,17-;/m0./s1. The van der Waals surface area contributed by atoms with Crippen molar-refractivity contribution in [2.24, 2.45) is 0 Å². The Kier molecular flexibility index (Phi) is 8.60. The molecule has 1 aliphatic rings. The van der Waals surface area contributed by atoms with Gasteiger partial charge in [-0.1, -0.05) is 13.0 Å². The maximum atomic E-state index is 13.3. The van der Waals surface area contributed by atoms with E-state index in [0.717, 1.165) is 36.2 Å². The van der Waals surface area contributed by atoms with Crippen LogP contribution in [-0.2, 0) is 11.2 Å². The Balaban J connectivity index is 0.00000300. The Morgan fingerprint density at radius 3 is 2.72 bits per heavy atom. The number of carboxylic acids is 1. The molecule has 0 saturated heterocycles. The minimum atomic E-state index is -1.36. The third kappa shape index (κ3) is 5.99. The topological polar surface area (TPSA) is 98.4 Å². The molecule has 3 rings (SSSR count). The van der Waals surface area contributed by atoms with Crippen LogP contribution >= 0.6 is 0 Å². The second kappa shape index (κ2) is 10.5. The van der Waals surface area contributed by atoms with E-state index in [2.05, 4.69) is 6.92 Å². The molecule has 1 heterocycles. The first-order valence-electron chi connectivity index (χ1n) is 9.47. The maximum absolute atomic E-state index is 13.3. The Bertz CT molecular complexity index is 866. The zero-order valence-electron chi connectivity index (χ0n) is 16.7. The van der Waals surface area contributed by atoms with Gasteiger partial charge in [-0.05, 0) is 49.6 Å². The van der Waals surface area contributed by atoms with Gasteiger partial charge < -0.3 is 20.1 Å². The first kappa shape index (κ1) is 23.8. The van der Waals surface area contributed by atoms with Gasteiger partial charge in [-0.25, -0.2) is 9.07 Å². The smallest absolute Gasteiger partial charge is 0.550 e. The number of hydrogen-bond donors (Lipinski definition) is 2. The number of hydrogen-bond acceptors (Lipinski definition) is 5. The largest absolute Gasteiger partial charge is 1.00 e. The van der Waals surface area contributed by atoms with Crippen LogP contribution in [-0.4, -0.2) is 38.2 Å². The first-order valence-corrected chi connectivity index (χ1v) is 9.47. The van der Waals surface area contributed by atoms with Crippen molar-refractivity contribution >= 4 is 12.0 Å². The third-order valence-corrected chi connectivity index (χ3v) is 5.05. The summed E-state index contributed by atoms with van der Waals surface area (Å²) in [5.74, 6) is -1.38. The minimum Gasteiger partial charge on any atom is -0.550 e. The van der Waals surface area contributed by atoms with Crippen molar-refractivity contribution < 1.29 is 54.1 Å². The number of aliphatic hydroxyl groups is 2. The molecule has 0 bridgehead atoms. The number of carbonyl (C=O) groups is 1. The second-order valence-corrected chi connectivity index (χ2v) is 7.32. The van der Waals surface area contributed by atoms with Crippen molar-refractivity contribution in [1.82, 2.24) is 9.78 Å². The average Bonchev–Trinajstić information content (AvgIpc) is 3.00. The second-order valence-electron chi connectivity index (χ2n) is 7.32. The van der Waals surface area contributed by atoms with Crippen LogP contribution in [0.5, 0.6) is 0 Å². The van der Waals surface area contributed by atoms with E-state index in [0.29, 0.717) is 11.6 Å². The number of carboxylic acid groups (broad SMARTS) is 1. The fourth-order valence-electron chi connectivity index (χ4n) is 3.64. The molecule has 1 aromatic carbocycles. The van der Waals surface area contributed by atoms with E-state index in [4.69, 9.17) is 5.10 Å². The molecule has 1 aliphatic carbocycles. The van der Waals surface area contributed by atoms with Gasteiger partial charge in [-0.15, -0.1) is 0 Å². The van der Waals surface area contributed by atoms with Gasteiger partial charge in [0, 0.05) is 30.3 Å². The first-order chi connectivity index (χ1) is 13.3. The van der Waals surface area contributed by atoms with E-state index in [9.17, 15) is 24.5 Å². The summed E-state index contributed by atoms with van der Waals surface area (Å²) in [6, 6.07) is 6.04. The van der Waals surface area contributed by atoms with Gasteiger partial charge in [0.1, 0.15) is 5.82 Å². The monoisotopic (exact) mass is 410 g/mol. The zero-order valence-corrected chi connectivity index (χ0v) is 18.7. The fraction of sp³-hybridized carbons (Fsp3) is 0.429. The summed E-state index contributed by atoms with van der Waals surface area (Å²) in [7, 11) is 0. The van der Waals surface area contributed by atoms with Crippen LogP contribution in [0.25, 0.3) is 11.8 Å². The molecule has 0 radical (unpaired) electrons. The van der Waals surface area contributed by atoms with Crippen LogP contribution in [0.1, 0.15) is 55.5 Å². The van der Waals surface area contributed by atoms with E-state index in [1.807, 2.05) is 0 Å². The van der Waals surface area contributed by atoms with Gasteiger partial charge in [0.15, 0.2) is 0 Å². The SMILES string of the molecule is CC1CCCc2c1nn(-c1ccc(F)cc1)c2/C=C/[C@H](O)C[C@H](O)CC(=O)[O-].[Na+]. The van der Waals surface area contributed by atoms with Crippen molar-refractivity contribution in [3.8, 4) is 5.69 Å². The zero-order chi connectivity index (χ0) is 20.3. The molecule has 8 heteroatoms. The molecule has 3 atom stereocenters. The van der Waals surface area contributed by atoms with E-state index in [1.165, 1.54) is 18.2 Å². The fourth-order valence-corrected chi connectivity index (χ4v) is 3.64. The molecule has 0 saturated carbocycles. The van der Waals surface area contributed by atoms with Gasteiger partial charge >= 0.3 is 29.6 Å².